The Morgan fingerprint density at radius 2 is 2.11 bits per heavy atom. The summed E-state index contributed by atoms with van der Waals surface area (Å²) in [5, 5.41) is 5.78. The van der Waals surface area contributed by atoms with Crippen LogP contribution in [0.1, 0.15) is 6.42 Å². The Balaban J connectivity index is 1.95. The summed E-state index contributed by atoms with van der Waals surface area (Å²) in [7, 11) is -3.65. The van der Waals surface area contributed by atoms with Gasteiger partial charge in [0, 0.05) is 39.1 Å². The Kier molecular flexibility index (Phi) is 4.42. The van der Waals surface area contributed by atoms with Crippen LogP contribution in [0.5, 0.6) is 0 Å². The largest absolute Gasteiger partial charge is 0.345 e. The Labute approximate surface area is 117 Å². The van der Waals surface area contributed by atoms with Crippen molar-refractivity contribution in [2.45, 2.75) is 10.6 Å². The van der Waals surface area contributed by atoms with E-state index >= 15 is 0 Å². The van der Waals surface area contributed by atoms with Crippen molar-refractivity contribution < 1.29 is 8.42 Å². The first-order valence-electron chi connectivity index (χ1n) is 5.90. The summed E-state index contributed by atoms with van der Waals surface area (Å²) in [6.07, 6.45) is 7.32. The van der Waals surface area contributed by atoms with Crippen molar-refractivity contribution in [3.63, 3.8) is 0 Å². The summed E-state index contributed by atoms with van der Waals surface area (Å²) >= 11 is 1.12. The summed E-state index contributed by atoms with van der Waals surface area (Å²) in [5.74, 6) is 2.63. The Morgan fingerprint density at radius 3 is 2.63 bits per heavy atom. The van der Waals surface area contributed by atoms with Gasteiger partial charge >= 0.3 is 0 Å². The lowest BCUT2D eigenvalue weighted by molar-refractivity contribution is 0.264. The van der Waals surface area contributed by atoms with Crippen LogP contribution in [-0.4, -0.2) is 51.0 Å². The first kappa shape index (κ1) is 14.3. The predicted octanol–water partition coefficient (Wildman–Crippen LogP) is -0.0642. The Hall–Kier alpha value is -1.14. The van der Waals surface area contributed by atoms with E-state index in [0.29, 0.717) is 5.13 Å². The van der Waals surface area contributed by atoms with Crippen molar-refractivity contribution in [1.29, 1.82) is 0 Å². The lowest BCUT2D eigenvalue weighted by Gasteiger charge is -2.34. The van der Waals surface area contributed by atoms with Crippen molar-refractivity contribution in [2.75, 3.05) is 37.6 Å². The first-order chi connectivity index (χ1) is 9.00. The number of hydrogen-bond donors (Lipinski definition) is 1. The van der Waals surface area contributed by atoms with Crippen molar-refractivity contribution >= 4 is 26.5 Å². The molecule has 1 aromatic heterocycles. The minimum absolute atomic E-state index is 0.109. The van der Waals surface area contributed by atoms with Crippen LogP contribution in [0.4, 0.5) is 5.13 Å². The van der Waals surface area contributed by atoms with Gasteiger partial charge in [0.2, 0.25) is 10.0 Å². The molecule has 2 heterocycles. The van der Waals surface area contributed by atoms with E-state index < -0.39 is 10.0 Å². The lowest BCUT2D eigenvalue weighted by Crippen LogP contribution is -2.46. The van der Waals surface area contributed by atoms with Gasteiger partial charge in [-0.1, -0.05) is 11.3 Å². The summed E-state index contributed by atoms with van der Waals surface area (Å²) < 4.78 is 22.5. The van der Waals surface area contributed by atoms with Crippen LogP contribution in [0.15, 0.2) is 10.4 Å². The molecule has 0 unspecified atom stereocenters. The van der Waals surface area contributed by atoms with Gasteiger partial charge in [-0.2, -0.15) is 0 Å². The molecule has 0 aliphatic carbocycles. The molecule has 0 radical (unpaired) electrons. The van der Waals surface area contributed by atoms with Crippen molar-refractivity contribution in [1.82, 2.24) is 9.88 Å². The monoisotopic (exact) mass is 300 g/mol. The van der Waals surface area contributed by atoms with Gasteiger partial charge in [-0.05, 0) is 0 Å². The van der Waals surface area contributed by atoms with Crippen LogP contribution in [0, 0.1) is 12.3 Å². The number of sulfonamides is 1. The van der Waals surface area contributed by atoms with Gasteiger partial charge in [0.05, 0.1) is 6.20 Å². The van der Waals surface area contributed by atoms with Crippen LogP contribution >= 0.6 is 11.3 Å². The maximum absolute atomic E-state index is 11.2. The van der Waals surface area contributed by atoms with E-state index in [1.165, 1.54) is 6.20 Å². The third-order valence-electron chi connectivity index (χ3n) is 2.97. The van der Waals surface area contributed by atoms with Gasteiger partial charge in [0.25, 0.3) is 0 Å². The fourth-order valence-corrected chi connectivity index (χ4v) is 3.50. The van der Waals surface area contributed by atoms with Gasteiger partial charge in [-0.3, -0.25) is 4.90 Å². The number of nitrogens with two attached hydrogens (primary N) is 1. The highest BCUT2D eigenvalue weighted by Crippen LogP contribution is 2.25. The SMILES string of the molecule is C#CCCN1CCN(c2ncc(S(N)(=O)=O)s2)CC1. The van der Waals surface area contributed by atoms with Gasteiger partial charge in [0.15, 0.2) is 9.34 Å². The average Bonchev–Trinajstić information content (AvgIpc) is 2.86. The smallest absolute Gasteiger partial charge is 0.249 e. The molecule has 2 N–H and O–H groups in total. The molecule has 0 amide bonds. The molecule has 0 spiro atoms. The molecule has 6 nitrogen and oxygen atoms in total. The molecular weight excluding hydrogens is 284 g/mol. The lowest BCUT2D eigenvalue weighted by atomic mass is 10.3. The summed E-state index contributed by atoms with van der Waals surface area (Å²) in [4.78, 5) is 8.50. The van der Waals surface area contributed by atoms with Crippen molar-refractivity contribution in [2.24, 2.45) is 5.14 Å². The Bertz CT molecular complexity index is 568. The van der Waals surface area contributed by atoms with Crippen LogP contribution in [0.25, 0.3) is 0 Å². The third kappa shape index (κ3) is 3.67. The summed E-state index contributed by atoms with van der Waals surface area (Å²) in [5.41, 5.74) is 0. The Morgan fingerprint density at radius 1 is 1.42 bits per heavy atom. The van der Waals surface area contributed by atoms with Crippen molar-refractivity contribution in [3.8, 4) is 12.3 Å². The van der Waals surface area contributed by atoms with E-state index in [1.807, 2.05) is 0 Å². The molecule has 0 atom stereocenters. The zero-order chi connectivity index (χ0) is 13.9. The van der Waals surface area contributed by atoms with Crippen LogP contribution in [-0.2, 0) is 10.0 Å². The van der Waals surface area contributed by atoms with E-state index in [0.717, 1.165) is 50.5 Å². The van der Waals surface area contributed by atoms with E-state index in [2.05, 4.69) is 20.7 Å². The molecular formula is C11H16N4O2S2. The predicted molar refractivity (Wildman–Crippen MR) is 75.6 cm³/mol. The molecule has 1 aromatic rings. The maximum Gasteiger partial charge on any atom is 0.249 e. The number of piperazine rings is 1. The van der Waals surface area contributed by atoms with Crippen LogP contribution in [0.2, 0.25) is 0 Å². The molecule has 2 rings (SSSR count). The van der Waals surface area contributed by atoms with Gasteiger partial charge in [-0.15, -0.1) is 12.3 Å². The first-order valence-corrected chi connectivity index (χ1v) is 8.26. The number of anilines is 1. The molecule has 1 fully saturated rings. The fourth-order valence-electron chi connectivity index (χ4n) is 1.91. The van der Waals surface area contributed by atoms with Gasteiger partial charge in [0.1, 0.15) is 0 Å². The van der Waals surface area contributed by atoms with Crippen LogP contribution in [0.3, 0.4) is 0 Å². The number of terminal acetylenes is 1. The maximum atomic E-state index is 11.2. The van der Waals surface area contributed by atoms with E-state index in [-0.39, 0.29) is 4.21 Å². The van der Waals surface area contributed by atoms with Gasteiger partial charge < -0.3 is 4.90 Å². The highest BCUT2D eigenvalue weighted by molar-refractivity contribution is 7.91. The number of nitrogens with zero attached hydrogens (tertiary/aromatic N) is 3. The standard InChI is InChI=1S/C11H16N4O2S2/c1-2-3-4-14-5-7-15(8-6-14)11-13-9-10(18-11)19(12,16)17/h1,9H,3-8H2,(H2,12,16,17). The molecule has 0 bridgehead atoms. The zero-order valence-corrected chi connectivity index (χ0v) is 12.1. The van der Waals surface area contributed by atoms with Crippen LogP contribution < -0.4 is 10.0 Å². The second kappa shape index (κ2) is 5.88. The van der Waals surface area contributed by atoms with E-state index in [4.69, 9.17) is 11.6 Å². The summed E-state index contributed by atoms with van der Waals surface area (Å²) in [6.45, 7) is 4.37. The fraction of sp³-hybridized carbons (Fsp3) is 0.545. The minimum atomic E-state index is -3.65. The summed E-state index contributed by atoms with van der Waals surface area (Å²) in [6, 6.07) is 0. The molecule has 8 heteroatoms. The highest BCUT2D eigenvalue weighted by atomic mass is 32.2. The normalized spacial score (nSPS) is 17.4. The minimum Gasteiger partial charge on any atom is -0.345 e. The highest BCUT2D eigenvalue weighted by Gasteiger charge is 2.21. The zero-order valence-electron chi connectivity index (χ0n) is 10.4. The molecule has 1 saturated heterocycles. The van der Waals surface area contributed by atoms with Gasteiger partial charge in [-0.25, -0.2) is 18.5 Å². The van der Waals surface area contributed by atoms with E-state index in [9.17, 15) is 8.42 Å². The number of aromatic nitrogens is 1. The molecule has 0 aromatic carbocycles. The average molecular weight is 300 g/mol. The second-order valence-corrected chi connectivity index (χ2v) is 7.09. The molecule has 1 aliphatic rings. The molecule has 19 heavy (non-hydrogen) atoms. The molecule has 0 saturated carbocycles. The quantitative estimate of drug-likeness (QED) is 0.788. The number of rotatable bonds is 4. The number of hydrogen-bond acceptors (Lipinski definition) is 6. The molecule has 104 valence electrons. The van der Waals surface area contributed by atoms with E-state index in [1.54, 1.807) is 0 Å². The second-order valence-electron chi connectivity index (χ2n) is 4.29. The topological polar surface area (TPSA) is 79.5 Å². The number of thiazole rings is 1. The number of primary sulfonamides is 1. The molecule has 1 aliphatic heterocycles. The third-order valence-corrected chi connectivity index (χ3v) is 5.43. The van der Waals surface area contributed by atoms with Crippen molar-refractivity contribution in [3.05, 3.63) is 6.20 Å².